The van der Waals surface area contributed by atoms with Crippen LogP contribution in [-0.4, -0.2) is 36.6 Å². The number of nitriles is 2. The van der Waals surface area contributed by atoms with Crippen LogP contribution < -0.4 is 9.62 Å². The Morgan fingerprint density at radius 1 is 1.21 bits per heavy atom. The number of anilines is 2. The van der Waals surface area contributed by atoms with Crippen LogP contribution in [0.5, 0.6) is 0 Å². The number of halogens is 3. The number of aryl methyl sites for hydroxylation is 1. The van der Waals surface area contributed by atoms with Crippen LogP contribution >= 0.6 is 0 Å². The van der Waals surface area contributed by atoms with E-state index in [1.54, 1.807) is 16.9 Å². The van der Waals surface area contributed by atoms with Gasteiger partial charge in [-0.2, -0.15) is 37.1 Å². The lowest BCUT2D eigenvalue weighted by Crippen LogP contribution is -2.30. The fourth-order valence-electron chi connectivity index (χ4n) is 3.43. The highest BCUT2D eigenvalue weighted by atomic mass is 32.2. The number of nitrogens with zero attached hydrogens (tertiary/aromatic N) is 7. The Morgan fingerprint density at radius 2 is 1.94 bits per heavy atom. The van der Waals surface area contributed by atoms with Crippen molar-refractivity contribution in [3.8, 4) is 12.1 Å². The minimum absolute atomic E-state index is 0.0648. The van der Waals surface area contributed by atoms with Crippen molar-refractivity contribution in [2.45, 2.75) is 31.7 Å². The second kappa shape index (κ2) is 9.07. The molecular formula is C19H19F3N8O2S. The van der Waals surface area contributed by atoms with E-state index in [2.05, 4.69) is 15.2 Å². The van der Waals surface area contributed by atoms with Crippen LogP contribution in [0.1, 0.15) is 36.7 Å². The van der Waals surface area contributed by atoms with Crippen LogP contribution in [0, 0.1) is 22.7 Å². The Morgan fingerprint density at radius 3 is 2.52 bits per heavy atom. The summed E-state index contributed by atoms with van der Waals surface area (Å²) in [7, 11) is -4.29. The maximum absolute atomic E-state index is 13.0. The fraction of sp³-hybridized carbons (Fsp3) is 0.421. The number of aromatic nitrogens is 2. The van der Waals surface area contributed by atoms with Crippen molar-refractivity contribution in [3.05, 3.63) is 29.1 Å². The van der Waals surface area contributed by atoms with Gasteiger partial charge in [0.1, 0.15) is 17.8 Å². The summed E-state index contributed by atoms with van der Waals surface area (Å²) in [5, 5.41) is 26.0. The Kier molecular flexibility index (Phi) is 6.60. The highest BCUT2D eigenvalue weighted by Crippen LogP contribution is 2.39. The largest absolute Gasteiger partial charge is 0.516 e. The molecule has 0 atom stereocenters. The summed E-state index contributed by atoms with van der Waals surface area (Å²) in [6.07, 6.45) is 2.33. The van der Waals surface area contributed by atoms with Crippen molar-refractivity contribution >= 4 is 33.0 Å². The second-order valence-electron chi connectivity index (χ2n) is 7.18. The molecule has 0 unspecified atom stereocenters. The van der Waals surface area contributed by atoms with E-state index in [4.69, 9.17) is 10.5 Å². The standard InChI is InChI=1S/C19H19F3N8O2S/c1-3-30-7-5-4-6-12-8-13(14(9-16(12)30)28-33(31,32)19(20,21)22)26-27-18-25-15(10-23)17(11-24)29(18)2/h8-9,28H,3-7H2,1-2H3. The number of azo groups is 1. The maximum atomic E-state index is 13.0. The van der Waals surface area contributed by atoms with Crippen molar-refractivity contribution in [1.82, 2.24) is 9.55 Å². The molecule has 0 spiro atoms. The predicted octanol–water partition coefficient (Wildman–Crippen LogP) is 4.00. The van der Waals surface area contributed by atoms with Gasteiger partial charge in [-0.05, 0) is 43.9 Å². The van der Waals surface area contributed by atoms with E-state index in [-0.39, 0.29) is 23.0 Å². The van der Waals surface area contributed by atoms with E-state index in [0.29, 0.717) is 25.2 Å². The second-order valence-corrected chi connectivity index (χ2v) is 8.85. The first-order valence-electron chi connectivity index (χ1n) is 9.82. The molecule has 0 aliphatic carbocycles. The van der Waals surface area contributed by atoms with Crippen LogP contribution in [0.15, 0.2) is 22.4 Å². The highest BCUT2D eigenvalue weighted by molar-refractivity contribution is 7.93. The molecule has 1 aliphatic rings. The van der Waals surface area contributed by atoms with Gasteiger partial charge in [-0.25, -0.2) is 0 Å². The summed E-state index contributed by atoms with van der Waals surface area (Å²) in [6, 6.07) is 6.36. The number of alkyl halides is 3. The number of nitrogens with one attached hydrogen (secondary N) is 1. The van der Waals surface area contributed by atoms with Crippen LogP contribution in [-0.2, 0) is 23.5 Å². The first-order chi connectivity index (χ1) is 15.5. The molecule has 1 aromatic heterocycles. The number of fused-ring (bicyclic) bond motifs is 1. The van der Waals surface area contributed by atoms with E-state index in [1.807, 2.05) is 11.8 Å². The quantitative estimate of drug-likeness (QED) is 0.642. The number of imidazole rings is 1. The molecular weight excluding hydrogens is 461 g/mol. The zero-order chi connectivity index (χ0) is 24.4. The molecule has 0 saturated carbocycles. The maximum Gasteiger partial charge on any atom is 0.516 e. The third-order valence-corrected chi connectivity index (χ3v) is 6.22. The predicted molar refractivity (Wildman–Crippen MR) is 113 cm³/mol. The minimum atomic E-state index is -5.71. The van der Waals surface area contributed by atoms with Gasteiger partial charge in [0.15, 0.2) is 11.4 Å². The van der Waals surface area contributed by atoms with Gasteiger partial charge in [-0.15, -0.1) is 10.2 Å². The molecule has 1 aromatic carbocycles. The van der Waals surface area contributed by atoms with Gasteiger partial charge in [-0.1, -0.05) is 0 Å². The van der Waals surface area contributed by atoms with Crippen molar-refractivity contribution in [2.75, 3.05) is 22.7 Å². The minimum Gasteiger partial charge on any atom is -0.372 e. The van der Waals surface area contributed by atoms with Crippen LogP contribution in [0.2, 0.25) is 0 Å². The molecule has 1 aliphatic heterocycles. The van der Waals surface area contributed by atoms with Gasteiger partial charge in [0.05, 0.1) is 5.69 Å². The van der Waals surface area contributed by atoms with Gasteiger partial charge in [0, 0.05) is 25.8 Å². The number of rotatable bonds is 5. The van der Waals surface area contributed by atoms with Crippen molar-refractivity contribution < 1.29 is 21.6 Å². The van der Waals surface area contributed by atoms with Crippen LogP contribution in [0.4, 0.5) is 36.2 Å². The van der Waals surface area contributed by atoms with Crippen molar-refractivity contribution in [1.29, 1.82) is 10.5 Å². The molecule has 0 fully saturated rings. The SMILES string of the molecule is CCN1CCCCc2cc(N=Nc3nc(C#N)c(C#N)n3C)c(NS(=O)(=O)C(F)(F)F)cc21. The summed E-state index contributed by atoms with van der Waals surface area (Å²) in [4.78, 5) is 5.83. The van der Waals surface area contributed by atoms with E-state index in [1.165, 1.54) is 23.7 Å². The van der Waals surface area contributed by atoms with Crippen molar-refractivity contribution in [2.24, 2.45) is 17.3 Å². The molecule has 174 valence electrons. The lowest BCUT2D eigenvalue weighted by molar-refractivity contribution is -0.0429. The van der Waals surface area contributed by atoms with E-state index >= 15 is 0 Å². The lowest BCUT2D eigenvalue weighted by Gasteiger charge is -2.24. The average Bonchev–Trinajstić information content (AvgIpc) is 2.92. The summed E-state index contributed by atoms with van der Waals surface area (Å²) >= 11 is 0. The first-order valence-corrected chi connectivity index (χ1v) is 11.3. The zero-order valence-corrected chi connectivity index (χ0v) is 18.5. The molecule has 0 bridgehead atoms. The van der Waals surface area contributed by atoms with Gasteiger partial charge < -0.3 is 9.47 Å². The Balaban J connectivity index is 2.15. The number of benzene rings is 1. The molecule has 1 N–H and O–H groups in total. The van der Waals surface area contributed by atoms with Gasteiger partial charge in [0.2, 0.25) is 0 Å². The molecule has 33 heavy (non-hydrogen) atoms. The fourth-order valence-corrected chi connectivity index (χ4v) is 4.00. The van der Waals surface area contributed by atoms with Crippen molar-refractivity contribution in [3.63, 3.8) is 0 Å². The molecule has 10 nitrogen and oxygen atoms in total. The third kappa shape index (κ3) is 4.75. The molecule has 2 heterocycles. The summed E-state index contributed by atoms with van der Waals surface area (Å²) in [5.74, 6) is -0.141. The van der Waals surface area contributed by atoms with E-state index in [0.717, 1.165) is 18.4 Å². The van der Waals surface area contributed by atoms with Gasteiger partial charge >= 0.3 is 15.5 Å². The summed E-state index contributed by atoms with van der Waals surface area (Å²) in [5.41, 5.74) is -4.93. The Labute approximate surface area is 188 Å². The molecule has 0 saturated heterocycles. The highest BCUT2D eigenvalue weighted by Gasteiger charge is 2.46. The summed E-state index contributed by atoms with van der Waals surface area (Å²) < 4.78 is 65.5. The topological polar surface area (TPSA) is 140 Å². The van der Waals surface area contributed by atoms with E-state index < -0.39 is 21.2 Å². The Hall–Kier alpha value is -3.65. The molecule has 2 aromatic rings. The first kappa shape index (κ1) is 24.0. The number of hydrogen-bond donors (Lipinski definition) is 1. The molecule has 0 radical (unpaired) electrons. The lowest BCUT2D eigenvalue weighted by atomic mass is 10.1. The van der Waals surface area contributed by atoms with Crippen LogP contribution in [0.3, 0.4) is 0 Å². The molecule has 3 rings (SSSR count). The van der Waals surface area contributed by atoms with Crippen LogP contribution in [0.25, 0.3) is 0 Å². The number of hydrogen-bond acceptors (Lipinski definition) is 8. The normalized spacial score (nSPS) is 14.5. The monoisotopic (exact) mass is 480 g/mol. The molecule has 0 amide bonds. The third-order valence-electron chi connectivity index (χ3n) is 5.12. The Bertz CT molecular complexity index is 1290. The summed E-state index contributed by atoms with van der Waals surface area (Å²) in [6.45, 7) is 3.15. The van der Waals surface area contributed by atoms with E-state index in [9.17, 15) is 21.6 Å². The smallest absolute Gasteiger partial charge is 0.372 e. The zero-order valence-electron chi connectivity index (χ0n) is 17.7. The molecule has 14 heteroatoms. The van der Waals surface area contributed by atoms with Gasteiger partial charge in [-0.3, -0.25) is 4.72 Å². The number of sulfonamides is 1. The van der Waals surface area contributed by atoms with Gasteiger partial charge in [0.25, 0.3) is 5.95 Å². The average molecular weight is 480 g/mol.